The molecule has 1 heterocycles. The van der Waals surface area contributed by atoms with E-state index in [0.717, 1.165) is 34.4 Å². The van der Waals surface area contributed by atoms with E-state index < -0.39 is 11.9 Å². The molecule has 3 aromatic rings. The predicted molar refractivity (Wildman–Crippen MR) is 121 cm³/mol. The third-order valence-electron chi connectivity index (χ3n) is 5.88. The standard InChI is InChI=1S/C25H22ClNO4/c1-3-15-7-5-8-20(26)18(15)13-19-23-14(2)6-4-9-21(23)27(24(19)29)16-10-11-17(25(30)31)22(28)12-16/h4-12,19,28H,3,13H2,1-2H3,(H,30,31). The van der Waals surface area contributed by atoms with Crippen molar-refractivity contribution in [3.05, 3.63) is 87.4 Å². The van der Waals surface area contributed by atoms with Crippen molar-refractivity contribution in [2.24, 2.45) is 0 Å². The van der Waals surface area contributed by atoms with Gasteiger partial charge in [-0.05, 0) is 66.3 Å². The minimum Gasteiger partial charge on any atom is -0.507 e. The Hall–Kier alpha value is -3.31. The zero-order valence-electron chi connectivity index (χ0n) is 17.2. The summed E-state index contributed by atoms with van der Waals surface area (Å²) in [5.41, 5.74) is 4.95. The molecule has 0 radical (unpaired) electrons. The normalized spacial score (nSPS) is 15.3. The molecular formula is C25H22ClNO4. The number of aromatic hydroxyl groups is 1. The van der Waals surface area contributed by atoms with Crippen molar-refractivity contribution in [3.63, 3.8) is 0 Å². The maximum atomic E-state index is 13.6. The fraction of sp³-hybridized carbons (Fsp3) is 0.200. The van der Waals surface area contributed by atoms with Crippen molar-refractivity contribution in [3.8, 4) is 5.75 Å². The second kappa shape index (κ2) is 8.08. The first-order valence-corrected chi connectivity index (χ1v) is 10.5. The van der Waals surface area contributed by atoms with E-state index >= 15 is 0 Å². The van der Waals surface area contributed by atoms with Crippen LogP contribution in [0.2, 0.25) is 5.02 Å². The molecule has 3 aromatic carbocycles. The van der Waals surface area contributed by atoms with Crippen LogP contribution >= 0.6 is 11.6 Å². The maximum absolute atomic E-state index is 13.6. The molecule has 1 atom stereocenters. The van der Waals surface area contributed by atoms with E-state index in [2.05, 4.69) is 6.92 Å². The van der Waals surface area contributed by atoms with Crippen LogP contribution in [0.5, 0.6) is 5.75 Å². The van der Waals surface area contributed by atoms with E-state index in [1.807, 2.05) is 43.3 Å². The number of fused-ring (bicyclic) bond motifs is 1. The average molecular weight is 436 g/mol. The number of rotatable bonds is 5. The number of hydrogen-bond donors (Lipinski definition) is 2. The number of anilines is 2. The van der Waals surface area contributed by atoms with Gasteiger partial charge in [0, 0.05) is 11.1 Å². The van der Waals surface area contributed by atoms with Gasteiger partial charge < -0.3 is 10.2 Å². The smallest absolute Gasteiger partial charge is 0.339 e. The third-order valence-corrected chi connectivity index (χ3v) is 6.24. The summed E-state index contributed by atoms with van der Waals surface area (Å²) in [6, 6.07) is 15.7. The van der Waals surface area contributed by atoms with Gasteiger partial charge in [0.1, 0.15) is 11.3 Å². The van der Waals surface area contributed by atoms with E-state index in [4.69, 9.17) is 11.6 Å². The van der Waals surface area contributed by atoms with Crippen molar-refractivity contribution >= 4 is 34.9 Å². The second-order valence-electron chi connectivity index (χ2n) is 7.68. The number of phenols is 1. The number of hydrogen-bond acceptors (Lipinski definition) is 3. The SMILES string of the molecule is CCc1cccc(Cl)c1CC1C(=O)N(c2ccc(C(=O)O)c(O)c2)c2cccc(C)c21. The molecule has 31 heavy (non-hydrogen) atoms. The van der Waals surface area contributed by atoms with Crippen LogP contribution in [0.25, 0.3) is 0 Å². The number of halogens is 1. The van der Waals surface area contributed by atoms with Crippen LogP contribution in [0.3, 0.4) is 0 Å². The highest BCUT2D eigenvalue weighted by atomic mass is 35.5. The lowest BCUT2D eigenvalue weighted by Crippen LogP contribution is -2.25. The van der Waals surface area contributed by atoms with E-state index in [1.54, 1.807) is 11.0 Å². The molecule has 0 saturated heterocycles. The van der Waals surface area contributed by atoms with Crippen molar-refractivity contribution < 1.29 is 19.8 Å². The summed E-state index contributed by atoms with van der Waals surface area (Å²) < 4.78 is 0. The van der Waals surface area contributed by atoms with Gasteiger partial charge in [0.25, 0.3) is 0 Å². The molecule has 0 saturated carbocycles. The van der Waals surface area contributed by atoms with E-state index in [1.165, 1.54) is 12.1 Å². The van der Waals surface area contributed by atoms with Crippen LogP contribution in [-0.2, 0) is 17.6 Å². The summed E-state index contributed by atoms with van der Waals surface area (Å²) in [6.45, 7) is 4.03. The number of nitrogens with zero attached hydrogens (tertiary/aromatic N) is 1. The number of aryl methyl sites for hydroxylation is 2. The molecule has 1 unspecified atom stereocenters. The number of carboxylic acid groups (broad SMARTS) is 1. The Morgan fingerprint density at radius 2 is 1.87 bits per heavy atom. The van der Waals surface area contributed by atoms with Gasteiger partial charge in [0.15, 0.2) is 0 Å². The molecule has 5 nitrogen and oxygen atoms in total. The van der Waals surface area contributed by atoms with Gasteiger partial charge in [-0.15, -0.1) is 0 Å². The van der Waals surface area contributed by atoms with Gasteiger partial charge in [0.05, 0.1) is 17.3 Å². The third kappa shape index (κ3) is 3.55. The Kier molecular flexibility index (Phi) is 5.46. The molecule has 0 aliphatic carbocycles. The van der Waals surface area contributed by atoms with Crippen LogP contribution in [-0.4, -0.2) is 22.1 Å². The summed E-state index contributed by atoms with van der Waals surface area (Å²) in [5.74, 6) is -2.16. The van der Waals surface area contributed by atoms with Crippen molar-refractivity contribution in [1.82, 2.24) is 0 Å². The highest BCUT2D eigenvalue weighted by Gasteiger charge is 2.40. The van der Waals surface area contributed by atoms with Gasteiger partial charge in [-0.25, -0.2) is 4.79 Å². The van der Waals surface area contributed by atoms with Crippen LogP contribution in [0, 0.1) is 6.92 Å². The Morgan fingerprint density at radius 1 is 1.13 bits per heavy atom. The number of amides is 1. The summed E-state index contributed by atoms with van der Waals surface area (Å²) >= 11 is 6.51. The minimum absolute atomic E-state index is 0.131. The van der Waals surface area contributed by atoms with Crippen LogP contribution in [0.4, 0.5) is 11.4 Å². The molecule has 6 heteroatoms. The molecule has 4 rings (SSSR count). The van der Waals surface area contributed by atoms with Crippen LogP contribution < -0.4 is 4.90 Å². The lowest BCUT2D eigenvalue weighted by molar-refractivity contribution is -0.118. The summed E-state index contributed by atoms with van der Waals surface area (Å²) in [4.78, 5) is 26.5. The first kappa shape index (κ1) is 20.9. The number of carboxylic acids is 1. The zero-order valence-corrected chi connectivity index (χ0v) is 18.0. The van der Waals surface area contributed by atoms with Gasteiger partial charge in [-0.1, -0.05) is 42.8 Å². The minimum atomic E-state index is -1.23. The molecule has 2 N–H and O–H groups in total. The lowest BCUT2D eigenvalue weighted by Gasteiger charge is -2.19. The van der Waals surface area contributed by atoms with E-state index in [0.29, 0.717) is 17.1 Å². The fourth-order valence-corrected chi connectivity index (χ4v) is 4.65. The molecule has 158 valence electrons. The Bertz CT molecular complexity index is 1200. The molecular weight excluding hydrogens is 414 g/mol. The van der Waals surface area contributed by atoms with Crippen molar-refractivity contribution in [2.45, 2.75) is 32.6 Å². The molecule has 1 amide bonds. The predicted octanol–water partition coefficient (Wildman–Crippen LogP) is 5.62. The summed E-state index contributed by atoms with van der Waals surface area (Å²) in [5, 5.41) is 20.0. The Labute approximate surface area is 185 Å². The Morgan fingerprint density at radius 3 is 2.55 bits per heavy atom. The van der Waals surface area contributed by atoms with Gasteiger partial charge >= 0.3 is 5.97 Å². The van der Waals surface area contributed by atoms with Crippen LogP contribution in [0.15, 0.2) is 54.6 Å². The van der Waals surface area contributed by atoms with Gasteiger partial charge in [0.2, 0.25) is 5.91 Å². The Balaban J connectivity index is 1.82. The van der Waals surface area contributed by atoms with Crippen molar-refractivity contribution in [2.75, 3.05) is 4.90 Å². The first-order valence-electron chi connectivity index (χ1n) is 10.1. The molecule has 0 fully saturated rings. The number of carbonyl (C=O) groups is 2. The highest BCUT2D eigenvalue weighted by Crippen LogP contribution is 2.46. The highest BCUT2D eigenvalue weighted by molar-refractivity contribution is 6.31. The van der Waals surface area contributed by atoms with Crippen molar-refractivity contribution in [1.29, 1.82) is 0 Å². The summed E-state index contributed by atoms with van der Waals surface area (Å²) in [6.07, 6.45) is 1.28. The fourth-order valence-electron chi connectivity index (χ4n) is 4.37. The largest absolute Gasteiger partial charge is 0.507 e. The first-order chi connectivity index (χ1) is 14.8. The molecule has 0 bridgehead atoms. The number of carbonyl (C=O) groups excluding carboxylic acids is 1. The maximum Gasteiger partial charge on any atom is 0.339 e. The topological polar surface area (TPSA) is 77.8 Å². The van der Waals surface area contributed by atoms with Gasteiger partial charge in [-0.2, -0.15) is 0 Å². The zero-order chi connectivity index (χ0) is 22.3. The molecule has 0 spiro atoms. The quantitative estimate of drug-likeness (QED) is 0.545. The summed E-state index contributed by atoms with van der Waals surface area (Å²) in [7, 11) is 0. The monoisotopic (exact) mass is 435 g/mol. The average Bonchev–Trinajstić information content (AvgIpc) is 3.01. The molecule has 0 aromatic heterocycles. The lowest BCUT2D eigenvalue weighted by atomic mass is 9.88. The van der Waals surface area contributed by atoms with Crippen LogP contribution in [0.1, 0.15) is 45.5 Å². The number of benzene rings is 3. The molecule has 1 aliphatic heterocycles. The van der Waals surface area contributed by atoms with Gasteiger partial charge in [-0.3, -0.25) is 9.69 Å². The number of aromatic carboxylic acids is 1. The second-order valence-corrected chi connectivity index (χ2v) is 8.08. The van der Waals surface area contributed by atoms with E-state index in [-0.39, 0.29) is 17.2 Å². The molecule has 1 aliphatic rings. The van der Waals surface area contributed by atoms with E-state index in [9.17, 15) is 19.8 Å².